The van der Waals surface area contributed by atoms with Crippen molar-refractivity contribution in [2.75, 3.05) is 5.32 Å². The zero-order valence-electron chi connectivity index (χ0n) is 23.5. The van der Waals surface area contributed by atoms with Crippen LogP contribution in [-0.4, -0.2) is 11.1 Å². The summed E-state index contributed by atoms with van der Waals surface area (Å²) >= 11 is 0. The van der Waals surface area contributed by atoms with E-state index >= 15 is 0 Å². The van der Waals surface area contributed by atoms with Crippen molar-refractivity contribution in [2.24, 2.45) is 0 Å². The summed E-state index contributed by atoms with van der Waals surface area (Å²) in [6.07, 6.45) is 4.05. The number of para-hydroxylation sites is 1. The zero-order valence-corrected chi connectivity index (χ0v) is 23.5. The minimum absolute atomic E-state index is 0.484. The van der Waals surface area contributed by atoms with Crippen LogP contribution in [0.5, 0.6) is 5.75 Å². The Balaban J connectivity index is 1.47. The maximum absolute atomic E-state index is 12.4. The van der Waals surface area contributed by atoms with Crippen molar-refractivity contribution in [3.05, 3.63) is 144 Å². The molecule has 0 fully saturated rings. The number of benzene rings is 4. The Morgan fingerprint density at radius 3 is 2.05 bits per heavy atom. The molecule has 4 aromatic carbocycles. The molecule has 41 heavy (non-hydrogen) atoms. The number of rotatable bonds is 8. The summed E-state index contributed by atoms with van der Waals surface area (Å²) < 4.78 is 5.54. The molecule has 0 aliphatic heterocycles. The molecule has 1 aromatic heterocycles. The van der Waals surface area contributed by atoms with Crippen molar-refractivity contribution >= 4 is 39.5 Å². The first-order valence-electron chi connectivity index (χ1n) is 13.7. The molecule has 0 aliphatic carbocycles. The molecule has 5 aromatic rings. The monoisotopic (exact) mass is 539 g/mol. The molecule has 0 aliphatic rings. The number of anilines is 1. The summed E-state index contributed by atoms with van der Waals surface area (Å²) in [5.41, 5.74) is 8.50. The van der Waals surface area contributed by atoms with Crippen LogP contribution in [0, 0.1) is 0 Å². The van der Waals surface area contributed by atoms with E-state index < -0.39 is 6.09 Å². The van der Waals surface area contributed by atoms with Gasteiger partial charge in [0.2, 0.25) is 0 Å². The molecule has 1 amide bonds. The highest BCUT2D eigenvalue weighted by molar-refractivity contribution is 5.96. The van der Waals surface area contributed by atoms with Gasteiger partial charge in [-0.15, -0.1) is 0 Å². The largest absolute Gasteiger partial charge is 0.417 e. The van der Waals surface area contributed by atoms with Gasteiger partial charge in [-0.2, -0.15) is 0 Å². The van der Waals surface area contributed by atoms with Crippen LogP contribution in [0.2, 0.25) is 0 Å². The first-order chi connectivity index (χ1) is 20.0. The predicted octanol–water partition coefficient (Wildman–Crippen LogP) is 9.16. The minimum Gasteiger partial charge on any atom is -0.410 e. The lowest BCUT2D eigenvalue weighted by molar-refractivity contribution is 0.215. The van der Waals surface area contributed by atoms with Gasteiger partial charge in [0.1, 0.15) is 5.75 Å². The Kier molecular flexibility index (Phi) is 8.55. The number of hydrogen-bond acceptors (Lipinski definition) is 4. The maximum atomic E-state index is 12.4. The van der Waals surface area contributed by atoms with Gasteiger partial charge in [0.25, 0.3) is 0 Å². The highest BCUT2D eigenvalue weighted by Crippen LogP contribution is 2.31. The van der Waals surface area contributed by atoms with Crippen molar-refractivity contribution in [1.82, 2.24) is 10.3 Å². The van der Waals surface area contributed by atoms with E-state index in [9.17, 15) is 4.79 Å². The van der Waals surface area contributed by atoms with E-state index in [1.165, 1.54) is 5.57 Å². The summed E-state index contributed by atoms with van der Waals surface area (Å²) in [5.74, 6) is 0.484. The minimum atomic E-state index is -0.524. The van der Waals surface area contributed by atoms with Crippen molar-refractivity contribution < 1.29 is 9.53 Å². The Morgan fingerprint density at radius 1 is 0.707 bits per heavy atom. The fourth-order valence-corrected chi connectivity index (χ4v) is 4.67. The topological polar surface area (TPSA) is 63.2 Å². The Hall–Kier alpha value is -5.16. The van der Waals surface area contributed by atoms with Gasteiger partial charge in [-0.1, -0.05) is 73.7 Å². The summed E-state index contributed by atoms with van der Waals surface area (Å²) in [4.78, 5) is 16.6. The number of allylic oxidation sites excluding steroid dienone is 2. The van der Waals surface area contributed by atoms with Crippen LogP contribution in [-0.2, 0) is 0 Å². The third kappa shape index (κ3) is 6.71. The summed E-state index contributed by atoms with van der Waals surface area (Å²) in [6.45, 7) is 6.49. The Morgan fingerprint density at radius 2 is 1.34 bits per heavy atom. The van der Waals surface area contributed by atoms with Gasteiger partial charge in [0.05, 0.1) is 0 Å². The molecule has 0 spiro atoms. The molecule has 2 N–H and O–H groups in total. The molecular formula is C36H33N3O2. The summed E-state index contributed by atoms with van der Waals surface area (Å²) in [7, 11) is 0. The number of ether oxygens (including phenoxy) is 1. The summed E-state index contributed by atoms with van der Waals surface area (Å²) in [6, 6.07) is 35.8. The number of carbonyl (C=O) groups is 1. The van der Waals surface area contributed by atoms with Crippen LogP contribution in [0.4, 0.5) is 10.5 Å². The van der Waals surface area contributed by atoms with Gasteiger partial charge < -0.3 is 10.1 Å². The van der Waals surface area contributed by atoms with Crippen LogP contribution in [0.3, 0.4) is 0 Å². The second-order valence-electron chi connectivity index (χ2n) is 9.84. The van der Waals surface area contributed by atoms with Crippen LogP contribution in [0.1, 0.15) is 43.9 Å². The highest BCUT2D eigenvalue weighted by Gasteiger charge is 2.14. The average Bonchev–Trinajstić information content (AvgIpc) is 3.02. The number of amides is 1. The van der Waals surface area contributed by atoms with Crippen LogP contribution in [0.15, 0.2) is 127 Å². The van der Waals surface area contributed by atoms with Crippen LogP contribution < -0.4 is 15.4 Å². The highest BCUT2D eigenvalue weighted by atomic mass is 16.6. The van der Waals surface area contributed by atoms with Crippen LogP contribution >= 0.6 is 0 Å². The zero-order chi connectivity index (χ0) is 28.6. The molecule has 5 nitrogen and oxygen atoms in total. The number of hydrogen-bond donors (Lipinski definition) is 2. The molecular weight excluding hydrogens is 506 g/mol. The number of nitrogens with one attached hydrogen (secondary N) is 2. The van der Waals surface area contributed by atoms with Crippen molar-refractivity contribution in [3.63, 3.8) is 0 Å². The normalized spacial score (nSPS) is 12.3. The van der Waals surface area contributed by atoms with Crippen molar-refractivity contribution in [2.45, 2.75) is 27.2 Å². The van der Waals surface area contributed by atoms with Gasteiger partial charge >= 0.3 is 6.09 Å². The second-order valence-corrected chi connectivity index (χ2v) is 9.84. The quantitative estimate of drug-likeness (QED) is 0.206. The van der Waals surface area contributed by atoms with E-state index in [0.717, 1.165) is 50.9 Å². The van der Waals surface area contributed by atoms with E-state index in [1.54, 1.807) is 0 Å². The standard InChI is InChI=1S/C36H33N3O2/c1-4-25(2)34(27-11-7-5-8-12-27)39-35(28-19-21-37-22-20-28)26(3)29-15-16-31-24-33(18-17-30(31)23-29)41-36(40)38-32-13-9-6-10-14-32/h5-24,39H,4H2,1-3H3,(H,38,40)/b34-25?,35-26+. The number of carbonyl (C=O) groups excluding carboxylic acids is 1. The van der Waals surface area contributed by atoms with Gasteiger partial charge in [-0.3, -0.25) is 10.3 Å². The van der Waals surface area contributed by atoms with Crippen LogP contribution in [0.25, 0.3) is 27.7 Å². The van der Waals surface area contributed by atoms with Gasteiger partial charge in [0.15, 0.2) is 0 Å². The Labute approximate surface area is 241 Å². The first-order valence-corrected chi connectivity index (χ1v) is 13.7. The number of aromatic nitrogens is 1. The number of nitrogens with zero attached hydrogens (tertiary/aromatic N) is 1. The molecule has 0 saturated heterocycles. The lowest BCUT2D eigenvalue weighted by Crippen LogP contribution is -2.16. The Bertz CT molecular complexity index is 1710. The van der Waals surface area contributed by atoms with E-state index in [2.05, 4.69) is 78.9 Å². The second kappa shape index (κ2) is 12.8. The lowest BCUT2D eigenvalue weighted by atomic mass is 9.97. The van der Waals surface area contributed by atoms with E-state index in [1.807, 2.05) is 79.1 Å². The first kappa shape index (κ1) is 27.4. The van der Waals surface area contributed by atoms with E-state index in [-0.39, 0.29) is 0 Å². The molecule has 0 atom stereocenters. The summed E-state index contributed by atoms with van der Waals surface area (Å²) in [5, 5.41) is 8.58. The molecule has 0 bridgehead atoms. The molecule has 5 heteroatoms. The lowest BCUT2D eigenvalue weighted by Gasteiger charge is -2.21. The van der Waals surface area contributed by atoms with Crippen molar-refractivity contribution in [3.8, 4) is 5.75 Å². The molecule has 1 heterocycles. The molecule has 0 radical (unpaired) electrons. The van der Waals surface area contributed by atoms with E-state index in [4.69, 9.17) is 4.74 Å². The van der Waals surface area contributed by atoms with Gasteiger partial charge in [-0.05, 0) is 95.8 Å². The molecule has 0 saturated carbocycles. The SMILES string of the molecule is CCC(C)=C(N/C(=C(\C)c1ccc2cc(OC(=O)Nc3ccccc3)ccc2c1)c1ccncc1)c1ccccc1. The number of pyridine rings is 1. The third-order valence-corrected chi connectivity index (χ3v) is 7.09. The predicted molar refractivity (Wildman–Crippen MR) is 169 cm³/mol. The van der Waals surface area contributed by atoms with Gasteiger partial charge in [-0.25, -0.2) is 4.79 Å². The average molecular weight is 540 g/mol. The maximum Gasteiger partial charge on any atom is 0.417 e. The van der Waals surface area contributed by atoms with E-state index in [0.29, 0.717) is 11.4 Å². The molecule has 204 valence electrons. The smallest absolute Gasteiger partial charge is 0.410 e. The fraction of sp³-hybridized carbons (Fsp3) is 0.111. The molecule has 0 unspecified atom stereocenters. The van der Waals surface area contributed by atoms with Gasteiger partial charge in [0, 0.05) is 35.0 Å². The third-order valence-electron chi connectivity index (χ3n) is 7.09. The van der Waals surface area contributed by atoms with Crippen molar-refractivity contribution in [1.29, 1.82) is 0 Å². The fourth-order valence-electron chi connectivity index (χ4n) is 4.67. The number of fused-ring (bicyclic) bond motifs is 1. The molecule has 5 rings (SSSR count).